The van der Waals surface area contributed by atoms with Gasteiger partial charge in [-0.3, -0.25) is 0 Å². The van der Waals surface area contributed by atoms with E-state index in [0.717, 1.165) is 17.9 Å². The molecule has 1 heterocycles. The highest BCUT2D eigenvalue weighted by atomic mass is 32.2. The van der Waals surface area contributed by atoms with Crippen LogP contribution in [0.1, 0.15) is 53.7 Å². The number of sulfonamides is 1. The maximum atomic E-state index is 17.3. The van der Waals surface area contributed by atoms with Gasteiger partial charge in [-0.05, 0) is 66.3 Å². The lowest BCUT2D eigenvalue weighted by Gasteiger charge is -2.32. The molecule has 262 valence electrons. The van der Waals surface area contributed by atoms with Crippen molar-refractivity contribution in [3.05, 3.63) is 137 Å². The van der Waals surface area contributed by atoms with Crippen molar-refractivity contribution in [1.29, 1.82) is 0 Å². The van der Waals surface area contributed by atoms with Gasteiger partial charge in [0, 0.05) is 23.7 Å². The molecule has 1 unspecified atom stereocenters. The minimum atomic E-state index is -3.78. The molecule has 0 amide bonds. The number of aromatic nitrogens is 1. The summed E-state index contributed by atoms with van der Waals surface area (Å²) < 4.78 is 92.6. The molecular formula is C38H37F3N2O6S. The number of aliphatic hydroxyl groups excluding tert-OH is 1. The second-order valence-electron chi connectivity index (χ2n) is 12.5. The van der Waals surface area contributed by atoms with Crippen molar-refractivity contribution in [2.45, 2.75) is 56.6 Å². The Hall–Kier alpha value is -4.65. The van der Waals surface area contributed by atoms with E-state index in [1.165, 1.54) is 48.0 Å². The number of hydrogen-bond acceptors (Lipinski definition) is 7. The van der Waals surface area contributed by atoms with Gasteiger partial charge in [-0.2, -0.15) is 4.31 Å². The number of alkyl halides is 1. The van der Waals surface area contributed by atoms with Crippen LogP contribution >= 0.6 is 0 Å². The van der Waals surface area contributed by atoms with Gasteiger partial charge in [0.2, 0.25) is 15.9 Å². The summed E-state index contributed by atoms with van der Waals surface area (Å²) >= 11 is 0. The zero-order chi connectivity index (χ0) is 35.5. The first-order chi connectivity index (χ1) is 24.0. The highest BCUT2D eigenvalue weighted by molar-refractivity contribution is 7.88. The molecule has 1 aliphatic carbocycles. The quantitative estimate of drug-likeness (QED) is 0.134. The van der Waals surface area contributed by atoms with E-state index in [-0.39, 0.29) is 66.4 Å². The Morgan fingerprint density at radius 1 is 0.980 bits per heavy atom. The van der Waals surface area contributed by atoms with Gasteiger partial charge in [-0.15, -0.1) is 0 Å². The third-order valence-electron chi connectivity index (χ3n) is 9.25. The van der Waals surface area contributed by atoms with E-state index in [1.807, 2.05) is 30.3 Å². The van der Waals surface area contributed by atoms with Crippen molar-refractivity contribution in [3.8, 4) is 22.6 Å². The van der Waals surface area contributed by atoms with Crippen LogP contribution in [0.25, 0.3) is 11.1 Å². The lowest BCUT2D eigenvalue weighted by atomic mass is 9.77. The number of methoxy groups -OCH3 is 1. The molecule has 1 fully saturated rings. The number of rotatable bonds is 13. The number of benzene rings is 4. The fourth-order valence-electron chi connectivity index (χ4n) is 6.69. The second-order valence-corrected chi connectivity index (χ2v) is 14.4. The molecule has 6 rings (SSSR count). The number of hydrogen-bond donors (Lipinski definition) is 1. The highest BCUT2D eigenvalue weighted by Gasteiger charge is 2.53. The topological polar surface area (TPSA) is 102 Å². The molecule has 3 atom stereocenters. The summed E-state index contributed by atoms with van der Waals surface area (Å²) in [6.07, 6.45) is 0.887. The fourth-order valence-corrected chi connectivity index (χ4v) is 7.79. The number of ether oxygens (including phenoxy) is 2. The van der Waals surface area contributed by atoms with Crippen LogP contribution in [0.5, 0.6) is 11.5 Å². The van der Waals surface area contributed by atoms with Crippen LogP contribution in [0, 0.1) is 11.6 Å². The number of aliphatic hydroxyl groups is 1. The van der Waals surface area contributed by atoms with Crippen LogP contribution in [0.2, 0.25) is 0 Å². The molecule has 1 N–H and O–H groups in total. The summed E-state index contributed by atoms with van der Waals surface area (Å²) in [5.74, 6) is -0.978. The Bertz CT molecular complexity index is 2040. The lowest BCUT2D eigenvalue weighted by Crippen LogP contribution is -2.40. The summed E-state index contributed by atoms with van der Waals surface area (Å²) in [5.41, 5.74) is 0.294. The van der Waals surface area contributed by atoms with Crippen molar-refractivity contribution in [1.82, 2.24) is 9.29 Å². The summed E-state index contributed by atoms with van der Waals surface area (Å²) in [7, 11) is -2.24. The van der Waals surface area contributed by atoms with Gasteiger partial charge in [-0.1, -0.05) is 60.7 Å². The van der Waals surface area contributed by atoms with Crippen LogP contribution in [0.15, 0.2) is 102 Å². The van der Waals surface area contributed by atoms with Crippen LogP contribution in [-0.4, -0.2) is 42.2 Å². The van der Waals surface area contributed by atoms with Crippen LogP contribution in [0.4, 0.5) is 13.2 Å². The van der Waals surface area contributed by atoms with E-state index in [1.54, 1.807) is 24.3 Å². The minimum Gasteiger partial charge on any atom is -0.497 e. The van der Waals surface area contributed by atoms with Crippen molar-refractivity contribution >= 4 is 10.0 Å². The first kappa shape index (κ1) is 35.2. The average molecular weight is 707 g/mol. The monoisotopic (exact) mass is 706 g/mol. The molecule has 5 aromatic rings. The van der Waals surface area contributed by atoms with Gasteiger partial charge < -0.3 is 19.0 Å². The standard InChI is InChI=1S/C38H37F3N2O6S/c1-47-30-14-11-25(12-15-30)21-43(50(2,45)46)29-17-18-38(20-29,37-42-28(22-44)24-49-37)36(41)27-13-16-33(39)32(19-27)31-9-6-10-34(40)35(31)48-23-26-7-4-3-5-8-26/h3-16,19,24,29,36,44H,17-18,20-23H2,1-2H3/t29-,36?,38-/m0/s1. The SMILES string of the molecule is COc1ccc(CN([C@H]2CC[C@@](c3nc(CO)co3)(C(F)c3ccc(F)c(-c4cccc(F)c4OCc4ccccc4)c3)C2)S(C)(=O)=O)cc1. The molecule has 50 heavy (non-hydrogen) atoms. The summed E-state index contributed by atoms with van der Waals surface area (Å²) in [6.45, 7) is -0.379. The summed E-state index contributed by atoms with van der Waals surface area (Å²) in [5, 5.41) is 9.74. The fraction of sp³-hybridized carbons (Fsp3) is 0.289. The molecule has 1 saturated carbocycles. The van der Waals surface area contributed by atoms with Crippen LogP contribution in [-0.2, 0) is 35.2 Å². The first-order valence-electron chi connectivity index (χ1n) is 16.1. The van der Waals surface area contributed by atoms with E-state index in [9.17, 15) is 13.5 Å². The van der Waals surface area contributed by atoms with Gasteiger partial charge in [0.15, 0.2) is 11.6 Å². The molecular weight excluding hydrogens is 669 g/mol. The smallest absolute Gasteiger partial charge is 0.211 e. The maximum absolute atomic E-state index is 17.3. The zero-order valence-electron chi connectivity index (χ0n) is 27.6. The van der Waals surface area contributed by atoms with Gasteiger partial charge in [-0.25, -0.2) is 26.6 Å². The molecule has 0 aliphatic heterocycles. The van der Waals surface area contributed by atoms with E-state index in [4.69, 9.17) is 13.9 Å². The van der Waals surface area contributed by atoms with Crippen molar-refractivity contribution in [2.75, 3.05) is 13.4 Å². The molecule has 12 heteroatoms. The van der Waals surface area contributed by atoms with E-state index < -0.39 is 45.9 Å². The molecule has 4 aromatic carbocycles. The molecule has 0 spiro atoms. The first-order valence-corrected chi connectivity index (χ1v) is 17.9. The van der Waals surface area contributed by atoms with E-state index in [2.05, 4.69) is 4.98 Å². The van der Waals surface area contributed by atoms with E-state index >= 15 is 13.2 Å². The predicted octanol–water partition coefficient (Wildman–Crippen LogP) is 7.66. The number of nitrogens with zero attached hydrogens (tertiary/aromatic N) is 2. The molecule has 1 aliphatic rings. The molecule has 0 radical (unpaired) electrons. The molecule has 0 saturated heterocycles. The predicted molar refractivity (Wildman–Crippen MR) is 182 cm³/mol. The van der Waals surface area contributed by atoms with Gasteiger partial charge in [0.25, 0.3) is 0 Å². The number of para-hydroxylation sites is 1. The number of oxazole rings is 1. The Morgan fingerprint density at radius 3 is 2.42 bits per heavy atom. The minimum absolute atomic E-state index is 0.00189. The number of halogens is 3. The third-order valence-corrected chi connectivity index (χ3v) is 10.5. The Balaban J connectivity index is 1.36. The van der Waals surface area contributed by atoms with Crippen molar-refractivity contribution in [2.24, 2.45) is 0 Å². The van der Waals surface area contributed by atoms with Crippen LogP contribution < -0.4 is 9.47 Å². The van der Waals surface area contributed by atoms with Crippen molar-refractivity contribution < 1.29 is 40.6 Å². The largest absolute Gasteiger partial charge is 0.497 e. The summed E-state index contributed by atoms with van der Waals surface area (Å²) in [6, 6.07) is 23.4. The van der Waals surface area contributed by atoms with Crippen molar-refractivity contribution in [3.63, 3.8) is 0 Å². The molecule has 8 nitrogen and oxygen atoms in total. The van der Waals surface area contributed by atoms with E-state index in [0.29, 0.717) is 11.3 Å². The molecule has 0 bridgehead atoms. The highest BCUT2D eigenvalue weighted by Crippen LogP contribution is 2.53. The molecule has 1 aromatic heterocycles. The Morgan fingerprint density at radius 2 is 1.74 bits per heavy atom. The maximum Gasteiger partial charge on any atom is 0.211 e. The normalized spacial score (nSPS) is 18.3. The van der Waals surface area contributed by atoms with Gasteiger partial charge in [0.05, 0.1) is 25.4 Å². The summed E-state index contributed by atoms with van der Waals surface area (Å²) in [4.78, 5) is 4.38. The van der Waals surface area contributed by atoms with Crippen LogP contribution in [0.3, 0.4) is 0 Å². The van der Waals surface area contributed by atoms with Gasteiger partial charge in [0.1, 0.15) is 36.3 Å². The third kappa shape index (κ3) is 7.28. The Kier molecular flexibility index (Phi) is 10.3. The lowest BCUT2D eigenvalue weighted by molar-refractivity contribution is 0.147. The Labute approximate surface area is 289 Å². The zero-order valence-corrected chi connectivity index (χ0v) is 28.4. The second kappa shape index (κ2) is 14.7. The average Bonchev–Trinajstić information content (AvgIpc) is 3.79. The van der Waals surface area contributed by atoms with Gasteiger partial charge >= 0.3 is 0 Å².